The van der Waals surface area contributed by atoms with Gasteiger partial charge in [0.1, 0.15) is 5.00 Å². The van der Waals surface area contributed by atoms with Crippen molar-refractivity contribution in [2.24, 2.45) is 0 Å². The van der Waals surface area contributed by atoms with E-state index in [4.69, 9.17) is 4.74 Å². The van der Waals surface area contributed by atoms with Crippen molar-refractivity contribution in [1.29, 1.82) is 0 Å². The van der Waals surface area contributed by atoms with E-state index in [0.29, 0.717) is 35.2 Å². The van der Waals surface area contributed by atoms with Crippen LogP contribution >= 0.6 is 11.3 Å². The van der Waals surface area contributed by atoms with Crippen LogP contribution in [-0.4, -0.2) is 18.9 Å². The summed E-state index contributed by atoms with van der Waals surface area (Å²) in [5.74, 6) is -0.0510. The van der Waals surface area contributed by atoms with Gasteiger partial charge in [0.2, 0.25) is 0 Å². The van der Waals surface area contributed by atoms with Crippen molar-refractivity contribution in [3.05, 3.63) is 87.8 Å². The lowest BCUT2D eigenvalue weighted by Crippen LogP contribution is -2.24. The van der Waals surface area contributed by atoms with Gasteiger partial charge in [-0.2, -0.15) is 0 Å². The SMILES string of the molecule is COCc1ccccc1CNC(=O)c1ccsc1NC(=O)c1ccc(C(C)C)cc1. The van der Waals surface area contributed by atoms with E-state index in [0.717, 1.165) is 11.1 Å². The number of carbonyl (C=O) groups excluding carboxylic acids is 2. The highest BCUT2D eigenvalue weighted by Crippen LogP contribution is 2.24. The predicted molar refractivity (Wildman–Crippen MR) is 121 cm³/mol. The number of carbonyl (C=O) groups is 2. The molecule has 0 unspecified atom stereocenters. The first-order chi connectivity index (χ1) is 14.5. The topological polar surface area (TPSA) is 67.4 Å². The molecule has 0 saturated carbocycles. The van der Waals surface area contributed by atoms with Gasteiger partial charge in [-0.25, -0.2) is 0 Å². The largest absolute Gasteiger partial charge is 0.380 e. The number of hydrogen-bond donors (Lipinski definition) is 2. The Hall–Kier alpha value is -2.96. The van der Waals surface area contributed by atoms with Gasteiger partial charge in [-0.1, -0.05) is 50.2 Å². The van der Waals surface area contributed by atoms with E-state index >= 15 is 0 Å². The Morgan fingerprint density at radius 3 is 2.33 bits per heavy atom. The molecule has 0 aliphatic heterocycles. The van der Waals surface area contributed by atoms with Gasteiger partial charge in [0, 0.05) is 19.2 Å². The molecule has 0 saturated heterocycles. The highest BCUT2D eigenvalue weighted by molar-refractivity contribution is 7.14. The summed E-state index contributed by atoms with van der Waals surface area (Å²) in [7, 11) is 1.64. The molecule has 1 aromatic heterocycles. The van der Waals surface area contributed by atoms with Crippen LogP contribution in [-0.2, 0) is 17.9 Å². The fourth-order valence-corrected chi connectivity index (χ4v) is 3.86. The molecule has 2 aromatic carbocycles. The number of hydrogen-bond acceptors (Lipinski definition) is 4. The molecule has 0 spiro atoms. The molecule has 0 fully saturated rings. The number of nitrogens with one attached hydrogen (secondary N) is 2. The smallest absolute Gasteiger partial charge is 0.256 e. The summed E-state index contributed by atoms with van der Waals surface area (Å²) in [4.78, 5) is 25.3. The first kappa shape index (κ1) is 21.7. The molecule has 0 atom stereocenters. The number of methoxy groups -OCH3 is 1. The van der Waals surface area contributed by atoms with E-state index < -0.39 is 0 Å². The Balaban J connectivity index is 1.66. The second-order valence-electron chi connectivity index (χ2n) is 7.28. The van der Waals surface area contributed by atoms with Crippen LogP contribution in [0.2, 0.25) is 0 Å². The van der Waals surface area contributed by atoms with Crippen LogP contribution in [0.1, 0.15) is 57.2 Å². The molecule has 5 nitrogen and oxygen atoms in total. The molecular formula is C24H26N2O3S. The van der Waals surface area contributed by atoms with Crippen LogP contribution in [0.3, 0.4) is 0 Å². The van der Waals surface area contributed by atoms with Gasteiger partial charge >= 0.3 is 0 Å². The molecule has 6 heteroatoms. The zero-order valence-electron chi connectivity index (χ0n) is 17.4. The molecule has 3 rings (SSSR count). The van der Waals surface area contributed by atoms with Gasteiger partial charge in [-0.15, -0.1) is 11.3 Å². The second kappa shape index (κ2) is 10.2. The molecule has 1 heterocycles. The Labute approximate surface area is 181 Å². The lowest BCUT2D eigenvalue weighted by Gasteiger charge is -2.11. The Bertz CT molecular complexity index is 1010. The number of benzene rings is 2. The van der Waals surface area contributed by atoms with Crippen molar-refractivity contribution in [2.45, 2.75) is 32.9 Å². The van der Waals surface area contributed by atoms with E-state index in [-0.39, 0.29) is 11.8 Å². The third-order valence-electron chi connectivity index (χ3n) is 4.83. The zero-order valence-corrected chi connectivity index (χ0v) is 18.2. The molecule has 0 bridgehead atoms. The summed E-state index contributed by atoms with van der Waals surface area (Å²) in [5.41, 5.74) is 4.23. The minimum absolute atomic E-state index is 0.228. The number of thiophene rings is 1. The molecule has 0 aliphatic rings. The first-order valence-electron chi connectivity index (χ1n) is 9.82. The maximum atomic E-state index is 12.7. The molecule has 156 valence electrons. The Morgan fingerprint density at radius 1 is 0.967 bits per heavy atom. The second-order valence-corrected chi connectivity index (χ2v) is 8.19. The van der Waals surface area contributed by atoms with Crippen LogP contribution in [0.25, 0.3) is 0 Å². The highest BCUT2D eigenvalue weighted by Gasteiger charge is 2.16. The summed E-state index contributed by atoms with van der Waals surface area (Å²) < 4.78 is 5.21. The van der Waals surface area contributed by atoms with Crippen LogP contribution in [0.5, 0.6) is 0 Å². The average molecular weight is 423 g/mol. The summed E-state index contributed by atoms with van der Waals surface area (Å²) in [6.45, 7) is 5.10. The molecular weight excluding hydrogens is 396 g/mol. The first-order valence-corrected chi connectivity index (χ1v) is 10.7. The van der Waals surface area contributed by atoms with Gasteiger partial charge in [0.25, 0.3) is 11.8 Å². The normalized spacial score (nSPS) is 10.8. The maximum Gasteiger partial charge on any atom is 0.256 e. The quantitative estimate of drug-likeness (QED) is 0.524. The van der Waals surface area contributed by atoms with Crippen molar-refractivity contribution < 1.29 is 14.3 Å². The van der Waals surface area contributed by atoms with E-state index in [9.17, 15) is 9.59 Å². The number of ether oxygens (including phenoxy) is 1. The van der Waals surface area contributed by atoms with Crippen molar-refractivity contribution >= 4 is 28.2 Å². The van der Waals surface area contributed by atoms with Crippen molar-refractivity contribution in [1.82, 2.24) is 5.32 Å². The fraction of sp³-hybridized carbons (Fsp3) is 0.250. The van der Waals surface area contributed by atoms with Crippen molar-refractivity contribution in [2.75, 3.05) is 12.4 Å². The third kappa shape index (κ3) is 5.34. The molecule has 30 heavy (non-hydrogen) atoms. The minimum atomic E-state index is -0.229. The highest BCUT2D eigenvalue weighted by atomic mass is 32.1. The number of amides is 2. The minimum Gasteiger partial charge on any atom is -0.380 e. The third-order valence-corrected chi connectivity index (χ3v) is 5.66. The van der Waals surface area contributed by atoms with E-state index in [1.165, 1.54) is 16.9 Å². The van der Waals surface area contributed by atoms with Gasteiger partial charge in [0.15, 0.2) is 0 Å². The van der Waals surface area contributed by atoms with Crippen LogP contribution in [0.4, 0.5) is 5.00 Å². The monoisotopic (exact) mass is 422 g/mol. The standard InChI is InChI=1S/C24H26N2O3S/c1-16(2)17-8-10-18(11-9-17)22(27)26-24-21(12-13-30-24)23(28)25-14-19-6-4-5-7-20(19)15-29-3/h4-13,16H,14-15H2,1-3H3,(H,25,28)(H,26,27). The van der Waals surface area contributed by atoms with Crippen molar-refractivity contribution in [3.8, 4) is 0 Å². The van der Waals surface area contributed by atoms with Crippen LogP contribution in [0, 0.1) is 0 Å². The van der Waals surface area contributed by atoms with E-state index in [2.05, 4.69) is 24.5 Å². The zero-order chi connectivity index (χ0) is 21.5. The predicted octanol–water partition coefficient (Wildman–Crippen LogP) is 5.20. The summed E-state index contributed by atoms with van der Waals surface area (Å²) in [6, 6.07) is 17.1. The lowest BCUT2D eigenvalue weighted by molar-refractivity contribution is 0.0951. The Kier molecular flexibility index (Phi) is 7.38. The maximum absolute atomic E-state index is 12.7. The number of rotatable bonds is 8. The molecule has 2 N–H and O–H groups in total. The Morgan fingerprint density at radius 2 is 1.67 bits per heavy atom. The molecule has 2 amide bonds. The lowest BCUT2D eigenvalue weighted by atomic mass is 10.0. The summed E-state index contributed by atoms with van der Waals surface area (Å²) in [6.07, 6.45) is 0. The molecule has 0 aliphatic carbocycles. The average Bonchev–Trinajstić information content (AvgIpc) is 3.21. The van der Waals surface area contributed by atoms with Gasteiger partial charge in [0.05, 0.1) is 12.2 Å². The fourth-order valence-electron chi connectivity index (χ4n) is 3.08. The van der Waals surface area contributed by atoms with E-state index in [1.807, 2.05) is 48.5 Å². The van der Waals surface area contributed by atoms with Gasteiger partial charge < -0.3 is 15.4 Å². The van der Waals surface area contributed by atoms with Crippen LogP contribution < -0.4 is 10.6 Å². The van der Waals surface area contributed by atoms with Gasteiger partial charge in [-0.05, 0) is 46.2 Å². The summed E-state index contributed by atoms with van der Waals surface area (Å²) >= 11 is 1.33. The van der Waals surface area contributed by atoms with Crippen LogP contribution in [0.15, 0.2) is 60.0 Å². The summed E-state index contributed by atoms with van der Waals surface area (Å²) in [5, 5.41) is 8.13. The van der Waals surface area contributed by atoms with E-state index in [1.54, 1.807) is 18.6 Å². The molecule has 3 aromatic rings. The molecule has 0 radical (unpaired) electrons. The number of anilines is 1. The van der Waals surface area contributed by atoms with Gasteiger partial charge in [-0.3, -0.25) is 9.59 Å². The van der Waals surface area contributed by atoms with Crippen molar-refractivity contribution in [3.63, 3.8) is 0 Å².